The van der Waals surface area contributed by atoms with Gasteiger partial charge in [-0.05, 0) is 24.5 Å². The van der Waals surface area contributed by atoms with Crippen LogP contribution in [-0.4, -0.2) is 18.6 Å². The Labute approximate surface area is 96.2 Å². The Morgan fingerprint density at radius 2 is 2.31 bits per heavy atom. The number of para-hydroxylation sites is 1. The molecule has 2 nitrogen and oxygen atoms in total. The molecule has 0 amide bonds. The molecule has 1 aromatic rings. The first-order valence-electron chi connectivity index (χ1n) is 5.94. The summed E-state index contributed by atoms with van der Waals surface area (Å²) in [7, 11) is 0. The number of aryl methyl sites for hydroxylation is 1. The summed E-state index contributed by atoms with van der Waals surface area (Å²) in [6.45, 7) is 5.14. The third-order valence-electron chi connectivity index (χ3n) is 2.98. The van der Waals surface area contributed by atoms with Crippen LogP contribution in [0.15, 0.2) is 18.2 Å². The molecule has 0 saturated heterocycles. The minimum atomic E-state index is -0.133. The standard InChI is InChI=1S/C13H19FN2/c1-9(2)15-8-11-7-6-10-4-3-5-12(14)13(10)16-11/h3-5,9,11,15-16H,6-8H2,1-2H3. The van der Waals surface area contributed by atoms with Crippen LogP contribution in [0.3, 0.4) is 0 Å². The van der Waals surface area contributed by atoms with Gasteiger partial charge in [0.2, 0.25) is 0 Å². The SMILES string of the molecule is CC(C)NCC1CCc2cccc(F)c2N1. The number of hydrogen-bond acceptors (Lipinski definition) is 2. The van der Waals surface area contributed by atoms with E-state index in [2.05, 4.69) is 24.5 Å². The lowest BCUT2D eigenvalue weighted by Crippen LogP contribution is -2.38. The molecule has 2 N–H and O–H groups in total. The van der Waals surface area contributed by atoms with Crippen molar-refractivity contribution in [3.8, 4) is 0 Å². The van der Waals surface area contributed by atoms with Crippen molar-refractivity contribution in [1.82, 2.24) is 5.32 Å². The molecule has 0 fully saturated rings. The van der Waals surface area contributed by atoms with E-state index < -0.39 is 0 Å². The molecule has 2 rings (SSSR count). The van der Waals surface area contributed by atoms with Crippen molar-refractivity contribution in [2.75, 3.05) is 11.9 Å². The third-order valence-corrected chi connectivity index (χ3v) is 2.98. The first-order valence-corrected chi connectivity index (χ1v) is 5.94. The van der Waals surface area contributed by atoms with E-state index in [0.717, 1.165) is 24.9 Å². The van der Waals surface area contributed by atoms with E-state index in [4.69, 9.17) is 0 Å². The van der Waals surface area contributed by atoms with Crippen LogP contribution in [0.5, 0.6) is 0 Å². The molecule has 1 atom stereocenters. The molecule has 0 spiro atoms. The van der Waals surface area contributed by atoms with E-state index in [1.807, 2.05) is 6.07 Å². The number of fused-ring (bicyclic) bond motifs is 1. The minimum Gasteiger partial charge on any atom is -0.378 e. The van der Waals surface area contributed by atoms with Crippen molar-refractivity contribution >= 4 is 5.69 Å². The van der Waals surface area contributed by atoms with Crippen LogP contribution in [0.25, 0.3) is 0 Å². The maximum Gasteiger partial charge on any atom is 0.146 e. The van der Waals surface area contributed by atoms with Crippen molar-refractivity contribution in [3.05, 3.63) is 29.6 Å². The monoisotopic (exact) mass is 222 g/mol. The Balaban J connectivity index is 2.03. The summed E-state index contributed by atoms with van der Waals surface area (Å²) in [5.41, 5.74) is 1.80. The average molecular weight is 222 g/mol. The number of anilines is 1. The summed E-state index contributed by atoms with van der Waals surface area (Å²) in [6, 6.07) is 6.11. The molecule has 0 aromatic heterocycles. The molecule has 1 aliphatic rings. The number of rotatable bonds is 3. The second-order valence-corrected chi connectivity index (χ2v) is 4.72. The van der Waals surface area contributed by atoms with E-state index >= 15 is 0 Å². The Bertz CT molecular complexity index is 363. The average Bonchev–Trinajstić information content (AvgIpc) is 2.27. The second-order valence-electron chi connectivity index (χ2n) is 4.72. The molecule has 88 valence electrons. The fourth-order valence-electron chi connectivity index (χ4n) is 2.08. The van der Waals surface area contributed by atoms with E-state index in [1.165, 1.54) is 6.07 Å². The fourth-order valence-corrected chi connectivity index (χ4v) is 2.08. The van der Waals surface area contributed by atoms with Gasteiger partial charge in [-0.25, -0.2) is 4.39 Å². The van der Waals surface area contributed by atoms with Gasteiger partial charge < -0.3 is 10.6 Å². The summed E-state index contributed by atoms with van der Waals surface area (Å²) < 4.78 is 13.6. The van der Waals surface area contributed by atoms with Crippen LogP contribution in [0.1, 0.15) is 25.8 Å². The van der Waals surface area contributed by atoms with Crippen molar-refractivity contribution in [1.29, 1.82) is 0 Å². The van der Waals surface area contributed by atoms with E-state index in [0.29, 0.717) is 17.8 Å². The van der Waals surface area contributed by atoms with Gasteiger partial charge in [-0.1, -0.05) is 26.0 Å². The highest BCUT2D eigenvalue weighted by molar-refractivity contribution is 5.55. The molecule has 3 heteroatoms. The molecule has 0 saturated carbocycles. The van der Waals surface area contributed by atoms with Gasteiger partial charge in [-0.2, -0.15) is 0 Å². The molecule has 1 aromatic carbocycles. The molecule has 0 bridgehead atoms. The van der Waals surface area contributed by atoms with Gasteiger partial charge in [-0.15, -0.1) is 0 Å². The maximum absolute atomic E-state index is 13.6. The highest BCUT2D eigenvalue weighted by Gasteiger charge is 2.19. The third kappa shape index (κ3) is 2.53. The van der Waals surface area contributed by atoms with Gasteiger partial charge in [0.25, 0.3) is 0 Å². The van der Waals surface area contributed by atoms with Crippen molar-refractivity contribution in [2.45, 2.75) is 38.8 Å². The molecule has 0 aliphatic carbocycles. The highest BCUT2D eigenvalue weighted by atomic mass is 19.1. The first kappa shape index (κ1) is 11.4. The first-order chi connectivity index (χ1) is 7.66. The molecular formula is C13H19FN2. The van der Waals surface area contributed by atoms with Gasteiger partial charge in [0.1, 0.15) is 5.82 Å². The van der Waals surface area contributed by atoms with E-state index in [-0.39, 0.29) is 5.82 Å². The van der Waals surface area contributed by atoms with Gasteiger partial charge >= 0.3 is 0 Å². The second kappa shape index (κ2) is 4.83. The van der Waals surface area contributed by atoms with E-state index in [9.17, 15) is 4.39 Å². The summed E-state index contributed by atoms with van der Waals surface area (Å²) in [6.07, 6.45) is 2.03. The molecular weight excluding hydrogens is 203 g/mol. The number of benzene rings is 1. The van der Waals surface area contributed by atoms with Gasteiger partial charge in [0.05, 0.1) is 5.69 Å². The molecule has 1 heterocycles. The lowest BCUT2D eigenvalue weighted by molar-refractivity contribution is 0.511. The van der Waals surface area contributed by atoms with Crippen LogP contribution < -0.4 is 10.6 Å². The summed E-state index contributed by atoms with van der Waals surface area (Å²) in [5.74, 6) is -0.133. The predicted octanol–water partition coefficient (Wildman–Crippen LogP) is 2.55. The summed E-state index contributed by atoms with van der Waals surface area (Å²) in [5, 5.41) is 6.66. The maximum atomic E-state index is 13.6. The Hall–Kier alpha value is -1.09. The Morgan fingerprint density at radius 3 is 3.06 bits per heavy atom. The van der Waals surface area contributed by atoms with Crippen LogP contribution in [0.2, 0.25) is 0 Å². The zero-order chi connectivity index (χ0) is 11.5. The molecule has 0 radical (unpaired) electrons. The van der Waals surface area contributed by atoms with Crippen LogP contribution in [-0.2, 0) is 6.42 Å². The number of nitrogens with one attached hydrogen (secondary N) is 2. The quantitative estimate of drug-likeness (QED) is 0.821. The van der Waals surface area contributed by atoms with Crippen LogP contribution >= 0.6 is 0 Å². The van der Waals surface area contributed by atoms with Crippen molar-refractivity contribution < 1.29 is 4.39 Å². The van der Waals surface area contributed by atoms with Crippen molar-refractivity contribution in [3.63, 3.8) is 0 Å². The largest absolute Gasteiger partial charge is 0.378 e. The fraction of sp³-hybridized carbons (Fsp3) is 0.538. The smallest absolute Gasteiger partial charge is 0.146 e. The Morgan fingerprint density at radius 1 is 1.50 bits per heavy atom. The molecule has 16 heavy (non-hydrogen) atoms. The summed E-state index contributed by atoms with van der Waals surface area (Å²) in [4.78, 5) is 0. The number of halogens is 1. The van der Waals surface area contributed by atoms with E-state index in [1.54, 1.807) is 6.07 Å². The molecule has 1 unspecified atom stereocenters. The summed E-state index contributed by atoms with van der Waals surface area (Å²) >= 11 is 0. The number of hydrogen-bond donors (Lipinski definition) is 2. The van der Waals surface area contributed by atoms with Gasteiger partial charge in [0, 0.05) is 18.6 Å². The van der Waals surface area contributed by atoms with Crippen LogP contribution in [0.4, 0.5) is 10.1 Å². The van der Waals surface area contributed by atoms with Crippen molar-refractivity contribution in [2.24, 2.45) is 0 Å². The van der Waals surface area contributed by atoms with Gasteiger partial charge in [-0.3, -0.25) is 0 Å². The zero-order valence-corrected chi connectivity index (χ0v) is 9.89. The predicted molar refractivity (Wildman–Crippen MR) is 65.3 cm³/mol. The highest BCUT2D eigenvalue weighted by Crippen LogP contribution is 2.27. The topological polar surface area (TPSA) is 24.1 Å². The Kier molecular flexibility index (Phi) is 3.44. The normalized spacial score (nSPS) is 19.4. The lowest BCUT2D eigenvalue weighted by Gasteiger charge is -2.28. The van der Waals surface area contributed by atoms with Gasteiger partial charge in [0.15, 0.2) is 0 Å². The zero-order valence-electron chi connectivity index (χ0n) is 9.89. The lowest BCUT2D eigenvalue weighted by atomic mass is 9.97. The van der Waals surface area contributed by atoms with Crippen LogP contribution in [0, 0.1) is 5.82 Å². The molecule has 1 aliphatic heterocycles. The minimum absolute atomic E-state index is 0.133.